The monoisotopic (exact) mass is 507 g/mol. The quantitative estimate of drug-likeness (QED) is 0.413. The van der Waals surface area contributed by atoms with Gasteiger partial charge >= 0.3 is 5.69 Å². The minimum atomic E-state index is -0.579. The van der Waals surface area contributed by atoms with Crippen molar-refractivity contribution in [2.24, 2.45) is 5.73 Å². The predicted molar refractivity (Wildman–Crippen MR) is 132 cm³/mol. The highest BCUT2D eigenvalue weighted by atomic mass is 79.9. The molecular weight excluding hydrogens is 485 g/mol. The van der Waals surface area contributed by atoms with Gasteiger partial charge in [0.2, 0.25) is 0 Å². The minimum absolute atomic E-state index is 0.0284. The highest BCUT2D eigenvalue weighted by Crippen LogP contribution is 2.24. The van der Waals surface area contributed by atoms with Gasteiger partial charge in [-0.1, -0.05) is 82.7 Å². The molecule has 0 aliphatic rings. The third kappa shape index (κ3) is 4.60. The first-order valence-corrected chi connectivity index (χ1v) is 11.3. The summed E-state index contributed by atoms with van der Waals surface area (Å²) in [6.45, 7) is 1.86. The molecule has 0 spiro atoms. The Labute approximate surface area is 199 Å². The van der Waals surface area contributed by atoms with E-state index in [0.29, 0.717) is 5.69 Å². The molecule has 0 amide bonds. The van der Waals surface area contributed by atoms with E-state index in [2.05, 4.69) is 15.9 Å². The van der Waals surface area contributed by atoms with Gasteiger partial charge in [0, 0.05) is 21.8 Å². The zero-order chi connectivity index (χ0) is 23.5. The number of halogens is 2. The lowest BCUT2D eigenvalue weighted by atomic mass is 10.0. The van der Waals surface area contributed by atoms with Gasteiger partial charge in [-0.15, -0.1) is 0 Å². The summed E-state index contributed by atoms with van der Waals surface area (Å²) in [5, 5.41) is 0. The molecule has 0 aliphatic carbocycles. The summed E-state index contributed by atoms with van der Waals surface area (Å²) in [4.78, 5) is 27.0. The van der Waals surface area contributed by atoms with Crippen molar-refractivity contribution in [3.05, 3.63) is 127 Å². The van der Waals surface area contributed by atoms with Crippen molar-refractivity contribution in [1.82, 2.24) is 9.13 Å². The van der Waals surface area contributed by atoms with Crippen LogP contribution < -0.4 is 17.0 Å². The lowest BCUT2D eigenvalue weighted by Crippen LogP contribution is -2.44. The summed E-state index contributed by atoms with van der Waals surface area (Å²) in [5.74, 6) is -0.525. The van der Waals surface area contributed by atoms with Gasteiger partial charge in [0.05, 0.1) is 18.7 Å². The Bertz CT molecular complexity index is 1410. The fraction of sp³-hybridized carbons (Fsp3) is 0.154. The summed E-state index contributed by atoms with van der Waals surface area (Å²) >= 11 is 3.52. The first-order chi connectivity index (χ1) is 15.9. The Kier molecular flexibility index (Phi) is 6.72. The summed E-state index contributed by atoms with van der Waals surface area (Å²) in [5.41, 5.74) is 7.68. The van der Waals surface area contributed by atoms with Crippen LogP contribution in [0.2, 0.25) is 0 Å². The van der Waals surface area contributed by atoms with Crippen LogP contribution in [0.1, 0.15) is 22.9 Å². The van der Waals surface area contributed by atoms with Crippen molar-refractivity contribution in [3.63, 3.8) is 0 Å². The SMILES string of the molecule is Cc1c(-c2ccccc2F)c(=O)n(C[C@H](N)c2ccccc2)c(=O)n1Cc1ccccc1Br. The molecule has 4 aromatic rings. The molecule has 5 nitrogen and oxygen atoms in total. The largest absolute Gasteiger partial charge is 0.331 e. The molecule has 0 bridgehead atoms. The molecule has 0 fully saturated rings. The topological polar surface area (TPSA) is 70.0 Å². The molecule has 0 saturated heterocycles. The van der Waals surface area contributed by atoms with Crippen LogP contribution in [0.25, 0.3) is 11.1 Å². The van der Waals surface area contributed by atoms with Gasteiger partial charge in [0.1, 0.15) is 5.82 Å². The fourth-order valence-corrected chi connectivity index (χ4v) is 4.33. The second-order valence-corrected chi connectivity index (χ2v) is 8.69. The van der Waals surface area contributed by atoms with Gasteiger partial charge < -0.3 is 5.73 Å². The van der Waals surface area contributed by atoms with Crippen molar-refractivity contribution in [1.29, 1.82) is 0 Å². The van der Waals surface area contributed by atoms with Crippen LogP contribution in [0.15, 0.2) is 92.9 Å². The Morgan fingerprint density at radius 2 is 1.55 bits per heavy atom. The van der Waals surface area contributed by atoms with Crippen LogP contribution in [-0.4, -0.2) is 9.13 Å². The van der Waals surface area contributed by atoms with Crippen molar-refractivity contribution in [2.75, 3.05) is 0 Å². The Morgan fingerprint density at radius 3 is 2.24 bits per heavy atom. The van der Waals surface area contributed by atoms with Gasteiger partial charge in [-0.05, 0) is 30.2 Å². The standard InChI is InChI=1S/C26H23BrFN3O2/c1-17-24(20-12-6-8-14-22(20)28)25(32)31(16-23(29)18-9-3-2-4-10-18)26(33)30(17)15-19-11-5-7-13-21(19)27/h2-14,23H,15-16,29H2,1H3/t23-/m0/s1. The number of nitrogens with two attached hydrogens (primary N) is 1. The summed E-state index contributed by atoms with van der Waals surface area (Å²) < 4.78 is 18.2. The number of hydrogen-bond donors (Lipinski definition) is 1. The average Bonchev–Trinajstić information content (AvgIpc) is 2.82. The maximum Gasteiger partial charge on any atom is 0.331 e. The average molecular weight is 508 g/mol. The highest BCUT2D eigenvalue weighted by molar-refractivity contribution is 9.10. The van der Waals surface area contributed by atoms with Crippen molar-refractivity contribution >= 4 is 15.9 Å². The molecule has 1 heterocycles. The van der Waals surface area contributed by atoms with Crippen LogP contribution in [0.3, 0.4) is 0 Å². The summed E-state index contributed by atoms with van der Waals surface area (Å²) in [7, 11) is 0. The third-order valence-corrected chi connectivity index (χ3v) is 6.50. The van der Waals surface area contributed by atoms with Crippen molar-refractivity contribution in [2.45, 2.75) is 26.1 Å². The molecule has 0 radical (unpaired) electrons. The van der Waals surface area contributed by atoms with Gasteiger partial charge in [0.25, 0.3) is 5.56 Å². The second kappa shape index (κ2) is 9.68. The molecule has 168 valence electrons. The molecule has 7 heteroatoms. The normalized spacial score (nSPS) is 12.0. The van der Waals surface area contributed by atoms with Gasteiger partial charge in [-0.3, -0.25) is 13.9 Å². The van der Waals surface area contributed by atoms with Crippen LogP contribution in [0.5, 0.6) is 0 Å². The number of aromatic nitrogens is 2. The maximum absolute atomic E-state index is 14.8. The van der Waals surface area contributed by atoms with Crippen LogP contribution in [-0.2, 0) is 13.1 Å². The van der Waals surface area contributed by atoms with E-state index in [1.165, 1.54) is 10.6 Å². The molecule has 1 aromatic heterocycles. The molecule has 1 atom stereocenters. The van der Waals surface area contributed by atoms with E-state index in [1.54, 1.807) is 25.1 Å². The Morgan fingerprint density at radius 1 is 0.909 bits per heavy atom. The maximum atomic E-state index is 14.8. The van der Waals surface area contributed by atoms with Crippen LogP contribution >= 0.6 is 15.9 Å². The molecule has 0 saturated carbocycles. The van der Waals surface area contributed by atoms with Crippen LogP contribution in [0.4, 0.5) is 4.39 Å². The third-order valence-electron chi connectivity index (χ3n) is 5.72. The first kappa shape index (κ1) is 22.9. The number of nitrogens with zero attached hydrogens (tertiary/aromatic N) is 2. The lowest BCUT2D eigenvalue weighted by molar-refractivity contribution is 0.508. The number of hydrogen-bond acceptors (Lipinski definition) is 3. The van der Waals surface area contributed by atoms with E-state index in [1.807, 2.05) is 54.6 Å². The van der Waals surface area contributed by atoms with Crippen molar-refractivity contribution in [3.8, 4) is 11.1 Å². The van der Waals surface area contributed by atoms with E-state index < -0.39 is 23.1 Å². The number of rotatable bonds is 6. The summed E-state index contributed by atoms with van der Waals surface area (Å²) in [6, 6.07) is 22.3. The lowest BCUT2D eigenvalue weighted by Gasteiger charge is -2.20. The van der Waals surface area contributed by atoms with Gasteiger partial charge in [0.15, 0.2) is 0 Å². The molecular formula is C26H23BrFN3O2. The highest BCUT2D eigenvalue weighted by Gasteiger charge is 2.22. The fourth-order valence-electron chi connectivity index (χ4n) is 3.92. The molecule has 2 N–H and O–H groups in total. The molecule has 0 unspecified atom stereocenters. The Hall–Kier alpha value is -3.29. The number of benzene rings is 3. The Balaban J connectivity index is 1.93. The predicted octanol–water partition coefficient (Wildman–Crippen LogP) is 4.64. The van der Waals surface area contributed by atoms with Crippen molar-refractivity contribution < 1.29 is 4.39 Å². The van der Waals surface area contributed by atoms with Gasteiger partial charge in [-0.25, -0.2) is 9.18 Å². The van der Waals surface area contributed by atoms with Crippen LogP contribution in [0, 0.1) is 12.7 Å². The second-order valence-electron chi connectivity index (χ2n) is 7.83. The molecule has 33 heavy (non-hydrogen) atoms. The smallest absolute Gasteiger partial charge is 0.322 e. The molecule has 0 aliphatic heterocycles. The van der Waals surface area contributed by atoms with E-state index in [0.717, 1.165) is 20.2 Å². The molecule has 4 rings (SSSR count). The first-order valence-electron chi connectivity index (χ1n) is 10.5. The molecule has 3 aromatic carbocycles. The minimum Gasteiger partial charge on any atom is -0.322 e. The van der Waals surface area contributed by atoms with Gasteiger partial charge in [-0.2, -0.15) is 0 Å². The van der Waals surface area contributed by atoms with E-state index in [-0.39, 0.29) is 24.2 Å². The summed E-state index contributed by atoms with van der Waals surface area (Å²) in [6.07, 6.45) is 0. The van der Waals surface area contributed by atoms with E-state index in [4.69, 9.17) is 5.73 Å². The van der Waals surface area contributed by atoms with E-state index in [9.17, 15) is 14.0 Å². The zero-order valence-electron chi connectivity index (χ0n) is 18.0. The zero-order valence-corrected chi connectivity index (χ0v) is 19.6. The van der Waals surface area contributed by atoms with E-state index >= 15 is 0 Å².